The van der Waals surface area contributed by atoms with Gasteiger partial charge in [0.2, 0.25) is 0 Å². The second kappa shape index (κ2) is 32.3. The SMILES string of the molecule is NC1(/C=C/c2ccc(/C=N/NC(=O)c3ccc(O)c(Cl)c3)cc2)CCCCC1.O=C(N/N=C/c1cccc(/C=C/CO)c1)c1ccc(O)c(Cl)c1.O=C(N/N=C/c1cccc(/C=C/COc2c(Cl)cccc2Cl)c1)c1ccc(O)c(Cl)c1. The van der Waals surface area contributed by atoms with Gasteiger partial charge in [-0.25, -0.2) is 16.3 Å². The molecule has 0 radical (unpaired) electrons. The highest BCUT2D eigenvalue weighted by atomic mass is 35.5. The van der Waals surface area contributed by atoms with Gasteiger partial charge in [-0.2, -0.15) is 15.3 Å². The van der Waals surface area contributed by atoms with E-state index >= 15 is 0 Å². The number of benzene rings is 7. The van der Waals surface area contributed by atoms with E-state index in [1.54, 1.807) is 36.6 Å². The molecule has 0 heterocycles. The van der Waals surface area contributed by atoms with Gasteiger partial charge >= 0.3 is 0 Å². The lowest BCUT2D eigenvalue weighted by Gasteiger charge is -2.30. The Morgan fingerprint density at radius 1 is 0.488 bits per heavy atom. The topological polar surface area (TPSA) is 241 Å². The van der Waals surface area contributed by atoms with Gasteiger partial charge in [-0.05, 0) is 131 Å². The Morgan fingerprint density at radius 2 is 0.890 bits per heavy atom. The molecule has 0 bridgehead atoms. The molecule has 0 aliphatic heterocycles. The minimum absolute atomic E-state index is 0.0242. The number of phenolic OH excluding ortho intramolecular Hbond substituents is 3. The van der Waals surface area contributed by atoms with E-state index in [4.69, 9.17) is 73.6 Å². The molecule has 0 atom stereocenters. The molecule has 20 heteroatoms. The predicted octanol–water partition coefficient (Wildman–Crippen LogP) is 13.5. The molecule has 3 amide bonds. The lowest BCUT2D eigenvalue weighted by molar-refractivity contribution is 0.0947. The molecule has 0 unspecified atom stereocenters. The molecule has 1 saturated carbocycles. The zero-order chi connectivity index (χ0) is 58.9. The van der Waals surface area contributed by atoms with Crippen LogP contribution in [0.4, 0.5) is 0 Å². The Labute approximate surface area is 499 Å². The molecule has 422 valence electrons. The smallest absolute Gasteiger partial charge is 0.271 e. The van der Waals surface area contributed by atoms with Crippen LogP contribution in [-0.2, 0) is 0 Å². The van der Waals surface area contributed by atoms with Crippen molar-refractivity contribution in [1.82, 2.24) is 16.3 Å². The van der Waals surface area contributed by atoms with Crippen LogP contribution in [0, 0.1) is 0 Å². The number of nitrogens with zero attached hydrogens (tertiary/aromatic N) is 3. The van der Waals surface area contributed by atoms with E-state index in [-0.39, 0.29) is 50.0 Å². The Balaban J connectivity index is 0.000000200. The number of aromatic hydroxyl groups is 3. The van der Waals surface area contributed by atoms with Crippen molar-refractivity contribution >= 4 is 113 Å². The summed E-state index contributed by atoms with van der Waals surface area (Å²) in [5, 5.41) is 49.9. The lowest BCUT2D eigenvalue weighted by atomic mass is 9.82. The number of halogens is 5. The number of aliphatic hydroxyl groups excluding tert-OH is 1. The third-order valence-corrected chi connectivity index (χ3v) is 13.4. The number of hydrogen-bond acceptors (Lipinski definition) is 12. The number of carbonyl (C=O) groups excluding carboxylic acids is 3. The van der Waals surface area contributed by atoms with Crippen molar-refractivity contribution in [3.63, 3.8) is 0 Å². The number of hydrazone groups is 3. The number of hydrogen-bond donors (Lipinski definition) is 8. The third-order valence-electron chi connectivity index (χ3n) is 11.9. The monoisotopic (exact) mass is 1200 g/mol. The summed E-state index contributed by atoms with van der Waals surface area (Å²) in [7, 11) is 0. The fraction of sp³-hybridized carbons (Fsp3) is 0.129. The van der Waals surface area contributed by atoms with Gasteiger partial charge in [0.15, 0.2) is 5.75 Å². The van der Waals surface area contributed by atoms with E-state index in [9.17, 15) is 29.7 Å². The lowest BCUT2D eigenvalue weighted by Crippen LogP contribution is -2.39. The second-order valence-corrected chi connectivity index (χ2v) is 20.1. The standard InChI is InChI=1S/C23H17Cl3N2O3.C22H24ClN3O2.C17H15ClN2O3/c24-18-7-2-8-19(25)22(18)31-11-3-6-15-4-1-5-16(12-15)14-27-28-23(30)17-9-10-21(29)20(26)13-17;23-19-14-18(8-9-20(19)27)21(28)26-25-15-17-6-4-16(5-7-17)10-13-22(24)11-2-1-3-12-22;18-15-10-14(6-7-16(15)22)17(23)20-19-11-13-4-1-3-12(9-13)5-2-8-21/h1-10,12-14,29H,11H2,(H,28,30);4-10,13-15,27H,1-3,11-12,24H2,(H,26,28);1-7,9-11,21-22H,8H2,(H,20,23)/b6-3+,27-14+;13-10+,25-15+;5-2+,19-11+. The summed E-state index contributed by atoms with van der Waals surface area (Å²) in [6.07, 6.45) is 21.7. The number of phenols is 3. The molecule has 82 heavy (non-hydrogen) atoms. The molecule has 1 fully saturated rings. The van der Waals surface area contributed by atoms with E-state index < -0.39 is 17.7 Å². The first-order valence-corrected chi connectivity index (χ1v) is 27.1. The highest BCUT2D eigenvalue weighted by molar-refractivity contribution is 6.37. The summed E-state index contributed by atoms with van der Waals surface area (Å²) in [6.45, 7) is 0.274. The first-order chi connectivity index (χ1) is 39.5. The van der Waals surface area contributed by atoms with Crippen molar-refractivity contribution < 1.29 is 39.5 Å². The molecule has 15 nitrogen and oxygen atoms in total. The summed E-state index contributed by atoms with van der Waals surface area (Å²) in [5.74, 6) is -1.07. The van der Waals surface area contributed by atoms with E-state index in [0.29, 0.717) is 33.5 Å². The third kappa shape index (κ3) is 20.7. The van der Waals surface area contributed by atoms with E-state index in [0.717, 1.165) is 46.2 Å². The number of amides is 3. The Morgan fingerprint density at radius 3 is 1.33 bits per heavy atom. The predicted molar refractivity (Wildman–Crippen MR) is 330 cm³/mol. The van der Waals surface area contributed by atoms with Gasteiger partial charge in [-0.1, -0.05) is 174 Å². The minimum Gasteiger partial charge on any atom is -0.506 e. The maximum atomic E-state index is 12.1. The molecule has 1 aliphatic rings. The number of aliphatic hydroxyl groups is 1. The fourth-order valence-electron chi connectivity index (χ4n) is 7.58. The highest BCUT2D eigenvalue weighted by Crippen LogP contribution is 2.33. The van der Waals surface area contributed by atoms with Gasteiger partial charge < -0.3 is 30.9 Å². The van der Waals surface area contributed by atoms with Gasteiger partial charge in [0.1, 0.15) is 23.9 Å². The summed E-state index contributed by atoms with van der Waals surface area (Å²) in [4.78, 5) is 36.0. The first-order valence-electron chi connectivity index (χ1n) is 25.2. The molecule has 7 aromatic rings. The van der Waals surface area contributed by atoms with Crippen molar-refractivity contribution in [1.29, 1.82) is 0 Å². The zero-order valence-electron chi connectivity index (χ0n) is 43.7. The van der Waals surface area contributed by atoms with Crippen LogP contribution in [0.1, 0.15) is 96.6 Å². The summed E-state index contributed by atoms with van der Waals surface area (Å²) in [6, 6.07) is 40.5. The van der Waals surface area contributed by atoms with E-state index in [1.165, 1.54) is 86.3 Å². The van der Waals surface area contributed by atoms with Crippen molar-refractivity contribution in [2.24, 2.45) is 21.0 Å². The van der Waals surface area contributed by atoms with Gasteiger partial charge in [0, 0.05) is 22.2 Å². The van der Waals surface area contributed by atoms with Gasteiger partial charge in [0.05, 0.1) is 50.4 Å². The minimum atomic E-state index is -0.440. The van der Waals surface area contributed by atoms with Crippen molar-refractivity contribution in [3.8, 4) is 23.0 Å². The fourth-order valence-corrected chi connectivity index (χ4v) is 8.63. The van der Waals surface area contributed by atoms with Crippen LogP contribution in [0.25, 0.3) is 18.2 Å². The molecule has 0 saturated heterocycles. The number of nitrogens with two attached hydrogens (primary N) is 1. The number of carbonyl (C=O) groups is 3. The summed E-state index contributed by atoms with van der Waals surface area (Å²) >= 11 is 29.5. The first kappa shape index (κ1) is 62.9. The van der Waals surface area contributed by atoms with Crippen LogP contribution < -0.4 is 26.7 Å². The van der Waals surface area contributed by atoms with E-state index in [1.807, 2.05) is 84.9 Å². The number of nitrogens with one attached hydrogen (secondary N) is 3. The average molecular weight is 1200 g/mol. The van der Waals surface area contributed by atoms with Crippen LogP contribution >= 0.6 is 58.0 Å². The van der Waals surface area contributed by atoms with Gasteiger partial charge in [-0.3, -0.25) is 14.4 Å². The van der Waals surface area contributed by atoms with Gasteiger partial charge in [0.25, 0.3) is 17.7 Å². The normalized spacial score (nSPS) is 13.0. The molecular weight excluding hydrogens is 1150 g/mol. The van der Waals surface area contributed by atoms with Crippen molar-refractivity contribution in [2.75, 3.05) is 13.2 Å². The van der Waals surface area contributed by atoms with Crippen LogP contribution in [-0.4, -0.2) is 75.5 Å². The van der Waals surface area contributed by atoms with Crippen LogP contribution in [0.5, 0.6) is 23.0 Å². The quantitative estimate of drug-likeness (QED) is 0.0319. The second-order valence-electron chi connectivity index (χ2n) is 18.1. The van der Waals surface area contributed by atoms with Crippen molar-refractivity contribution in [3.05, 3.63) is 239 Å². The van der Waals surface area contributed by atoms with E-state index in [2.05, 4.69) is 43.7 Å². The molecule has 8 rings (SSSR count). The number of rotatable bonds is 17. The molecule has 0 spiro atoms. The number of para-hydroxylation sites is 1. The molecule has 9 N–H and O–H groups in total. The van der Waals surface area contributed by atoms with Crippen LogP contribution in [0.15, 0.2) is 179 Å². The summed E-state index contributed by atoms with van der Waals surface area (Å²) in [5.41, 5.74) is 19.8. The largest absolute Gasteiger partial charge is 0.506 e. The Hall–Kier alpha value is -8.25. The molecule has 0 aromatic heterocycles. The maximum absolute atomic E-state index is 12.1. The summed E-state index contributed by atoms with van der Waals surface area (Å²) < 4.78 is 5.62. The molecular formula is C62H56Cl5N7O8. The highest BCUT2D eigenvalue weighted by Gasteiger charge is 2.24. The van der Waals surface area contributed by atoms with Crippen molar-refractivity contribution in [2.45, 2.75) is 37.6 Å². The number of ether oxygens (including phenoxy) is 1. The van der Waals surface area contributed by atoms with Crippen LogP contribution in [0.2, 0.25) is 25.1 Å². The molecule has 7 aromatic carbocycles. The Kier molecular flexibility index (Phi) is 24.8. The Bertz CT molecular complexity index is 3490. The van der Waals surface area contributed by atoms with Gasteiger partial charge in [-0.15, -0.1) is 0 Å². The molecule has 1 aliphatic carbocycles. The van der Waals surface area contributed by atoms with Crippen LogP contribution in [0.3, 0.4) is 0 Å². The average Bonchev–Trinajstić information content (AvgIpc) is 3.47. The maximum Gasteiger partial charge on any atom is 0.271 e. The zero-order valence-corrected chi connectivity index (χ0v) is 47.5.